The standard InChI is InChI=1S/C18H29N3O2/c1-18(2)10-5-11-19-16(18)17(22)20-14-6-8-15(9-7-14)23-13-12-21(3)4/h6-9,16,19H,5,10-13H2,1-4H3,(H,20,22). The Morgan fingerprint density at radius 1 is 1.35 bits per heavy atom. The summed E-state index contributed by atoms with van der Waals surface area (Å²) in [7, 11) is 4.03. The number of anilines is 1. The smallest absolute Gasteiger partial charge is 0.242 e. The van der Waals surface area contributed by atoms with Gasteiger partial charge in [-0.25, -0.2) is 0 Å². The van der Waals surface area contributed by atoms with Crippen LogP contribution in [0.1, 0.15) is 26.7 Å². The van der Waals surface area contributed by atoms with Crippen LogP contribution in [0, 0.1) is 5.41 Å². The Morgan fingerprint density at radius 3 is 2.65 bits per heavy atom. The molecule has 1 aromatic rings. The first-order valence-corrected chi connectivity index (χ1v) is 8.30. The third-order valence-corrected chi connectivity index (χ3v) is 4.32. The lowest BCUT2D eigenvalue weighted by atomic mass is 9.77. The van der Waals surface area contributed by atoms with Crippen molar-refractivity contribution in [2.75, 3.05) is 39.1 Å². The summed E-state index contributed by atoms with van der Waals surface area (Å²) < 4.78 is 5.66. The van der Waals surface area contributed by atoms with E-state index in [-0.39, 0.29) is 17.4 Å². The molecule has 1 fully saturated rings. The lowest BCUT2D eigenvalue weighted by Gasteiger charge is -2.38. The van der Waals surface area contributed by atoms with Crippen molar-refractivity contribution in [1.29, 1.82) is 0 Å². The summed E-state index contributed by atoms with van der Waals surface area (Å²) in [4.78, 5) is 14.6. The minimum Gasteiger partial charge on any atom is -0.492 e. The summed E-state index contributed by atoms with van der Waals surface area (Å²) in [6.07, 6.45) is 2.19. The van der Waals surface area contributed by atoms with Gasteiger partial charge in [-0.3, -0.25) is 4.79 Å². The van der Waals surface area contributed by atoms with Crippen LogP contribution in [0.5, 0.6) is 5.75 Å². The fourth-order valence-corrected chi connectivity index (χ4v) is 2.85. The largest absolute Gasteiger partial charge is 0.492 e. The second-order valence-electron chi connectivity index (χ2n) is 7.14. The summed E-state index contributed by atoms with van der Waals surface area (Å²) in [5.41, 5.74) is 0.788. The quantitative estimate of drug-likeness (QED) is 0.845. The molecule has 128 valence electrons. The summed E-state index contributed by atoms with van der Waals surface area (Å²) >= 11 is 0. The normalized spacial score (nSPS) is 20.3. The maximum absolute atomic E-state index is 12.5. The van der Waals surface area contributed by atoms with E-state index >= 15 is 0 Å². The van der Waals surface area contributed by atoms with Crippen LogP contribution >= 0.6 is 0 Å². The van der Waals surface area contributed by atoms with E-state index in [1.807, 2.05) is 38.4 Å². The zero-order valence-corrected chi connectivity index (χ0v) is 14.7. The molecule has 1 saturated heterocycles. The zero-order valence-electron chi connectivity index (χ0n) is 14.7. The molecule has 2 rings (SSSR count). The van der Waals surface area contributed by atoms with E-state index in [9.17, 15) is 4.79 Å². The van der Waals surface area contributed by atoms with Gasteiger partial charge in [-0.1, -0.05) is 13.8 Å². The minimum atomic E-state index is -0.146. The van der Waals surface area contributed by atoms with Gasteiger partial charge in [0.1, 0.15) is 12.4 Å². The van der Waals surface area contributed by atoms with Crippen molar-refractivity contribution in [2.24, 2.45) is 5.41 Å². The highest BCUT2D eigenvalue weighted by Crippen LogP contribution is 2.30. The molecule has 1 aromatic carbocycles. The van der Waals surface area contributed by atoms with Crippen LogP contribution in [0.2, 0.25) is 0 Å². The molecule has 0 aromatic heterocycles. The number of amides is 1. The molecular weight excluding hydrogens is 290 g/mol. The summed E-state index contributed by atoms with van der Waals surface area (Å²) in [6, 6.07) is 7.42. The molecule has 5 nitrogen and oxygen atoms in total. The van der Waals surface area contributed by atoms with Gasteiger partial charge < -0.3 is 20.3 Å². The molecule has 0 spiro atoms. The second kappa shape index (κ2) is 7.79. The number of hydrogen-bond acceptors (Lipinski definition) is 4. The van der Waals surface area contributed by atoms with Crippen molar-refractivity contribution in [3.05, 3.63) is 24.3 Å². The SMILES string of the molecule is CN(C)CCOc1ccc(NC(=O)C2NCCCC2(C)C)cc1. The van der Waals surface area contributed by atoms with Gasteiger partial charge in [0.15, 0.2) is 0 Å². The molecule has 1 aliphatic heterocycles. The Bertz CT molecular complexity index is 512. The number of nitrogens with zero attached hydrogens (tertiary/aromatic N) is 1. The molecule has 0 saturated carbocycles. The highest BCUT2D eigenvalue weighted by molar-refractivity contribution is 5.95. The summed E-state index contributed by atoms with van der Waals surface area (Å²) in [5, 5.41) is 6.34. The Balaban J connectivity index is 1.88. The molecule has 1 unspecified atom stereocenters. The predicted octanol–water partition coefficient (Wildman–Crippen LogP) is 2.34. The maximum Gasteiger partial charge on any atom is 0.242 e. The first-order valence-electron chi connectivity index (χ1n) is 8.30. The van der Waals surface area contributed by atoms with E-state index in [0.717, 1.165) is 37.4 Å². The van der Waals surface area contributed by atoms with E-state index in [2.05, 4.69) is 29.4 Å². The van der Waals surface area contributed by atoms with Crippen molar-refractivity contribution in [2.45, 2.75) is 32.7 Å². The minimum absolute atomic E-state index is 0.0163. The van der Waals surface area contributed by atoms with Gasteiger partial charge in [0, 0.05) is 12.2 Å². The van der Waals surface area contributed by atoms with E-state index in [1.165, 1.54) is 0 Å². The van der Waals surface area contributed by atoms with Crippen molar-refractivity contribution < 1.29 is 9.53 Å². The average molecular weight is 319 g/mol. The Kier molecular flexibility index (Phi) is 6.02. The van der Waals surface area contributed by atoms with Gasteiger partial charge in [-0.05, 0) is 63.2 Å². The molecule has 1 amide bonds. The first kappa shape index (κ1) is 17.8. The highest BCUT2D eigenvalue weighted by atomic mass is 16.5. The van der Waals surface area contributed by atoms with Crippen LogP contribution in [-0.4, -0.2) is 50.6 Å². The molecule has 1 atom stereocenters. The third kappa shape index (κ3) is 5.22. The molecule has 0 radical (unpaired) electrons. The van der Waals surface area contributed by atoms with Gasteiger partial charge in [-0.15, -0.1) is 0 Å². The van der Waals surface area contributed by atoms with Gasteiger partial charge >= 0.3 is 0 Å². The number of benzene rings is 1. The van der Waals surface area contributed by atoms with Crippen molar-refractivity contribution >= 4 is 11.6 Å². The summed E-state index contributed by atoms with van der Waals surface area (Å²) in [5.74, 6) is 0.858. The monoisotopic (exact) mass is 319 g/mol. The number of carbonyl (C=O) groups is 1. The van der Waals surface area contributed by atoms with Gasteiger partial charge in [-0.2, -0.15) is 0 Å². The lowest BCUT2D eigenvalue weighted by molar-refractivity contribution is -0.121. The van der Waals surface area contributed by atoms with Gasteiger partial charge in [0.2, 0.25) is 5.91 Å². The Labute approximate surface area is 139 Å². The van der Waals surface area contributed by atoms with Crippen molar-refractivity contribution in [3.63, 3.8) is 0 Å². The number of nitrogens with one attached hydrogen (secondary N) is 2. The molecule has 5 heteroatoms. The number of ether oxygens (including phenoxy) is 1. The average Bonchev–Trinajstić information content (AvgIpc) is 2.48. The number of hydrogen-bond donors (Lipinski definition) is 2. The fourth-order valence-electron chi connectivity index (χ4n) is 2.85. The first-order chi connectivity index (χ1) is 10.9. The highest BCUT2D eigenvalue weighted by Gasteiger charge is 2.36. The van der Waals surface area contributed by atoms with Gasteiger partial charge in [0.25, 0.3) is 0 Å². The molecule has 1 aliphatic rings. The molecule has 0 aliphatic carbocycles. The van der Waals surface area contributed by atoms with Crippen LogP contribution < -0.4 is 15.4 Å². The molecule has 0 bridgehead atoms. The third-order valence-electron chi connectivity index (χ3n) is 4.32. The van der Waals surface area contributed by atoms with E-state index in [4.69, 9.17) is 4.74 Å². The van der Waals surface area contributed by atoms with Crippen LogP contribution in [0.3, 0.4) is 0 Å². The van der Waals surface area contributed by atoms with Crippen LogP contribution in [0.15, 0.2) is 24.3 Å². The second-order valence-corrected chi connectivity index (χ2v) is 7.14. The van der Waals surface area contributed by atoms with Gasteiger partial charge in [0.05, 0.1) is 6.04 Å². The Morgan fingerprint density at radius 2 is 2.04 bits per heavy atom. The van der Waals surface area contributed by atoms with E-state index < -0.39 is 0 Å². The predicted molar refractivity (Wildman–Crippen MR) is 93.9 cm³/mol. The fraction of sp³-hybridized carbons (Fsp3) is 0.611. The maximum atomic E-state index is 12.5. The topological polar surface area (TPSA) is 53.6 Å². The van der Waals surface area contributed by atoms with Crippen LogP contribution in [0.4, 0.5) is 5.69 Å². The summed E-state index contributed by atoms with van der Waals surface area (Å²) in [6.45, 7) is 6.72. The van der Waals surface area contributed by atoms with E-state index in [1.54, 1.807) is 0 Å². The molecule has 1 heterocycles. The Hall–Kier alpha value is -1.59. The van der Waals surface area contributed by atoms with Crippen LogP contribution in [-0.2, 0) is 4.79 Å². The number of rotatable bonds is 6. The van der Waals surface area contributed by atoms with Crippen molar-refractivity contribution in [3.8, 4) is 5.75 Å². The lowest BCUT2D eigenvalue weighted by Crippen LogP contribution is -2.53. The molecule has 2 N–H and O–H groups in total. The molecule has 23 heavy (non-hydrogen) atoms. The number of carbonyl (C=O) groups excluding carboxylic acids is 1. The van der Waals surface area contributed by atoms with Crippen LogP contribution in [0.25, 0.3) is 0 Å². The molecular formula is C18H29N3O2. The number of piperidine rings is 1. The number of likely N-dealkylation sites (N-methyl/N-ethyl adjacent to an activating group) is 1. The van der Waals surface area contributed by atoms with Crippen molar-refractivity contribution in [1.82, 2.24) is 10.2 Å². The zero-order chi connectivity index (χ0) is 16.9. The van der Waals surface area contributed by atoms with E-state index in [0.29, 0.717) is 6.61 Å².